The maximum absolute atomic E-state index is 10.6. The first-order chi connectivity index (χ1) is 8.62. The summed E-state index contributed by atoms with van der Waals surface area (Å²) in [4.78, 5) is 10.6. The quantitative estimate of drug-likeness (QED) is 0.776. The lowest BCUT2D eigenvalue weighted by Gasteiger charge is -2.19. The molecule has 0 radical (unpaired) electrons. The van der Waals surface area contributed by atoms with Gasteiger partial charge in [0.25, 0.3) is 0 Å². The highest BCUT2D eigenvalue weighted by atomic mass is 16.5. The third-order valence-electron chi connectivity index (χ3n) is 2.81. The number of carboxylic acid groups (broad SMARTS) is 1. The van der Waals surface area contributed by atoms with Crippen molar-refractivity contribution in [2.75, 3.05) is 21.3 Å². The third-order valence-corrected chi connectivity index (χ3v) is 2.81. The molecule has 0 aromatic heterocycles. The zero-order chi connectivity index (χ0) is 13.5. The minimum atomic E-state index is -0.808. The van der Waals surface area contributed by atoms with Crippen LogP contribution < -0.4 is 14.8 Å². The smallest absolute Gasteiger partial charge is 0.303 e. The van der Waals surface area contributed by atoms with Crippen molar-refractivity contribution < 1.29 is 19.4 Å². The summed E-state index contributed by atoms with van der Waals surface area (Å²) in [6, 6.07) is 5.42. The molecule has 18 heavy (non-hydrogen) atoms. The van der Waals surface area contributed by atoms with E-state index in [4.69, 9.17) is 14.6 Å². The van der Waals surface area contributed by atoms with Crippen molar-refractivity contribution in [1.82, 2.24) is 5.32 Å². The van der Waals surface area contributed by atoms with E-state index < -0.39 is 5.97 Å². The van der Waals surface area contributed by atoms with Crippen LogP contribution in [0.4, 0.5) is 0 Å². The summed E-state index contributed by atoms with van der Waals surface area (Å²) in [6.45, 7) is 0. The predicted molar refractivity (Wildman–Crippen MR) is 68.2 cm³/mol. The molecular formula is C13H19NO4. The highest BCUT2D eigenvalue weighted by Gasteiger charge is 2.16. The summed E-state index contributed by atoms with van der Waals surface area (Å²) in [7, 11) is 4.98. The van der Waals surface area contributed by atoms with Crippen LogP contribution in [0.3, 0.4) is 0 Å². The average Bonchev–Trinajstić information content (AvgIpc) is 2.38. The molecule has 1 atom stereocenters. The molecule has 0 aliphatic heterocycles. The maximum Gasteiger partial charge on any atom is 0.303 e. The molecule has 0 bridgehead atoms. The van der Waals surface area contributed by atoms with Gasteiger partial charge in [0.1, 0.15) is 11.5 Å². The van der Waals surface area contributed by atoms with E-state index in [1.54, 1.807) is 21.3 Å². The first-order valence-corrected chi connectivity index (χ1v) is 5.73. The first kappa shape index (κ1) is 14.3. The largest absolute Gasteiger partial charge is 0.497 e. The van der Waals surface area contributed by atoms with E-state index >= 15 is 0 Å². The van der Waals surface area contributed by atoms with Gasteiger partial charge in [-0.15, -0.1) is 0 Å². The van der Waals surface area contributed by atoms with Crippen LogP contribution in [0.15, 0.2) is 18.2 Å². The van der Waals surface area contributed by atoms with Crippen molar-refractivity contribution in [2.45, 2.75) is 18.9 Å². The number of ether oxygens (including phenoxy) is 2. The van der Waals surface area contributed by atoms with Crippen molar-refractivity contribution in [1.29, 1.82) is 0 Å². The van der Waals surface area contributed by atoms with E-state index in [1.807, 2.05) is 18.2 Å². The minimum Gasteiger partial charge on any atom is -0.497 e. The summed E-state index contributed by atoms with van der Waals surface area (Å²) in [5, 5.41) is 11.8. The number of carboxylic acids is 1. The lowest BCUT2D eigenvalue weighted by Crippen LogP contribution is -2.18. The fraction of sp³-hybridized carbons (Fsp3) is 0.462. The lowest BCUT2D eigenvalue weighted by molar-refractivity contribution is -0.137. The average molecular weight is 253 g/mol. The van der Waals surface area contributed by atoms with Crippen LogP contribution in [0.25, 0.3) is 0 Å². The number of hydrogen-bond donors (Lipinski definition) is 2. The molecule has 0 heterocycles. The number of nitrogens with one attached hydrogen (secondary N) is 1. The molecule has 0 aliphatic rings. The van der Waals surface area contributed by atoms with Gasteiger partial charge in [0, 0.05) is 18.0 Å². The van der Waals surface area contributed by atoms with Crippen LogP contribution in [0, 0.1) is 0 Å². The molecule has 0 saturated carbocycles. The van der Waals surface area contributed by atoms with Gasteiger partial charge in [0.05, 0.1) is 14.2 Å². The first-order valence-electron chi connectivity index (χ1n) is 5.73. The van der Waals surface area contributed by atoms with Gasteiger partial charge in [-0.1, -0.05) is 0 Å². The molecule has 100 valence electrons. The van der Waals surface area contributed by atoms with Gasteiger partial charge in [-0.3, -0.25) is 4.79 Å². The van der Waals surface area contributed by atoms with Gasteiger partial charge in [-0.2, -0.15) is 0 Å². The Morgan fingerprint density at radius 1 is 1.39 bits per heavy atom. The molecule has 5 heteroatoms. The fourth-order valence-corrected chi connectivity index (χ4v) is 1.83. The topological polar surface area (TPSA) is 67.8 Å². The Bertz CT molecular complexity index is 406. The highest BCUT2D eigenvalue weighted by Crippen LogP contribution is 2.31. The van der Waals surface area contributed by atoms with E-state index in [0.717, 1.165) is 17.1 Å². The standard InChI is InChI=1S/C13H19NO4/c1-14-11(5-7-13(15)16)10-8-9(17-2)4-6-12(10)18-3/h4,6,8,11,14H,5,7H2,1-3H3,(H,15,16). The lowest BCUT2D eigenvalue weighted by atomic mass is 10.0. The Hall–Kier alpha value is -1.75. The Balaban J connectivity index is 2.97. The van der Waals surface area contributed by atoms with Gasteiger partial charge in [-0.05, 0) is 31.7 Å². The number of carbonyl (C=O) groups is 1. The normalized spacial score (nSPS) is 11.9. The molecule has 5 nitrogen and oxygen atoms in total. The number of rotatable bonds is 7. The van der Waals surface area contributed by atoms with E-state index in [9.17, 15) is 4.79 Å². The molecule has 0 amide bonds. The minimum absolute atomic E-state index is 0.0776. The zero-order valence-corrected chi connectivity index (χ0v) is 10.9. The summed E-state index contributed by atoms with van der Waals surface area (Å²) >= 11 is 0. The predicted octanol–water partition coefficient (Wildman–Crippen LogP) is 1.83. The third kappa shape index (κ3) is 3.63. The van der Waals surface area contributed by atoms with Crippen LogP contribution in [0.1, 0.15) is 24.4 Å². The van der Waals surface area contributed by atoms with Crippen LogP contribution in [0.2, 0.25) is 0 Å². The second-order valence-electron chi connectivity index (χ2n) is 3.88. The van der Waals surface area contributed by atoms with Crippen LogP contribution >= 0.6 is 0 Å². The van der Waals surface area contributed by atoms with Gasteiger partial charge >= 0.3 is 5.97 Å². The second kappa shape index (κ2) is 6.86. The molecule has 0 fully saturated rings. The molecule has 2 N–H and O–H groups in total. The van der Waals surface area contributed by atoms with Crippen LogP contribution in [-0.4, -0.2) is 32.3 Å². The summed E-state index contributed by atoms with van der Waals surface area (Å²) in [5.74, 6) is 0.638. The van der Waals surface area contributed by atoms with E-state index in [2.05, 4.69) is 5.32 Å². The Morgan fingerprint density at radius 3 is 2.61 bits per heavy atom. The van der Waals surface area contributed by atoms with Gasteiger partial charge in [-0.25, -0.2) is 0 Å². The Kier molecular flexibility index (Phi) is 5.45. The monoisotopic (exact) mass is 253 g/mol. The van der Waals surface area contributed by atoms with E-state index in [-0.39, 0.29) is 12.5 Å². The Morgan fingerprint density at radius 2 is 2.11 bits per heavy atom. The van der Waals surface area contributed by atoms with Crippen molar-refractivity contribution in [3.8, 4) is 11.5 Å². The molecule has 1 aromatic rings. The maximum atomic E-state index is 10.6. The number of hydrogen-bond acceptors (Lipinski definition) is 4. The van der Waals surface area contributed by atoms with Crippen molar-refractivity contribution >= 4 is 5.97 Å². The van der Waals surface area contributed by atoms with Gasteiger partial charge in [0.2, 0.25) is 0 Å². The number of benzene rings is 1. The van der Waals surface area contributed by atoms with Crippen LogP contribution in [-0.2, 0) is 4.79 Å². The summed E-state index contributed by atoms with van der Waals surface area (Å²) in [6.07, 6.45) is 0.598. The van der Waals surface area contributed by atoms with Gasteiger partial charge < -0.3 is 19.9 Å². The zero-order valence-electron chi connectivity index (χ0n) is 10.9. The van der Waals surface area contributed by atoms with Crippen molar-refractivity contribution in [3.63, 3.8) is 0 Å². The molecule has 0 aliphatic carbocycles. The van der Waals surface area contributed by atoms with Crippen LogP contribution in [0.5, 0.6) is 11.5 Å². The second-order valence-corrected chi connectivity index (χ2v) is 3.88. The van der Waals surface area contributed by atoms with Crippen molar-refractivity contribution in [2.24, 2.45) is 0 Å². The SMILES string of the molecule is CNC(CCC(=O)O)c1cc(OC)ccc1OC. The van der Waals surface area contributed by atoms with E-state index in [0.29, 0.717) is 6.42 Å². The number of aliphatic carboxylic acids is 1. The molecule has 1 unspecified atom stereocenters. The van der Waals surface area contributed by atoms with Gasteiger partial charge in [0.15, 0.2) is 0 Å². The Labute approximate surface area is 107 Å². The summed E-state index contributed by atoms with van der Waals surface area (Å²) in [5.41, 5.74) is 0.903. The summed E-state index contributed by atoms with van der Waals surface area (Å²) < 4.78 is 10.5. The molecule has 1 rings (SSSR count). The number of methoxy groups -OCH3 is 2. The van der Waals surface area contributed by atoms with Crippen molar-refractivity contribution in [3.05, 3.63) is 23.8 Å². The highest BCUT2D eigenvalue weighted by molar-refractivity contribution is 5.66. The molecule has 1 aromatic carbocycles. The molecule has 0 saturated heterocycles. The fourth-order valence-electron chi connectivity index (χ4n) is 1.83. The molecular weight excluding hydrogens is 234 g/mol. The molecule has 0 spiro atoms. The van der Waals surface area contributed by atoms with E-state index in [1.165, 1.54) is 0 Å².